The van der Waals surface area contributed by atoms with Crippen LogP contribution in [0.15, 0.2) is 12.1 Å². The zero-order chi connectivity index (χ0) is 16.2. The molecular weight excluding hydrogens is 314 g/mol. The number of rotatable bonds is 3. The van der Waals surface area contributed by atoms with E-state index >= 15 is 0 Å². The Morgan fingerprint density at radius 1 is 1.09 bits per heavy atom. The van der Waals surface area contributed by atoms with Crippen molar-refractivity contribution in [3.8, 4) is 0 Å². The minimum Gasteiger partial charge on any atom is -0.353 e. The topological polar surface area (TPSA) is 70.8 Å². The largest absolute Gasteiger partial charge is 0.353 e. The average molecular weight is 335 g/mol. The molecular formula is C15H21N5O2S. The molecule has 2 aromatic heterocycles. The van der Waals surface area contributed by atoms with Crippen LogP contribution >= 0.6 is 0 Å². The van der Waals surface area contributed by atoms with E-state index in [-0.39, 0.29) is 5.25 Å². The first-order valence-corrected chi connectivity index (χ1v) is 9.54. The van der Waals surface area contributed by atoms with E-state index in [4.69, 9.17) is 0 Å². The van der Waals surface area contributed by atoms with Gasteiger partial charge in [0.1, 0.15) is 5.82 Å². The molecule has 0 bridgehead atoms. The molecule has 0 amide bonds. The van der Waals surface area contributed by atoms with Gasteiger partial charge in [-0.25, -0.2) is 17.9 Å². The summed E-state index contributed by atoms with van der Waals surface area (Å²) in [4.78, 5) is 6.61. The van der Waals surface area contributed by atoms with E-state index in [0.717, 1.165) is 35.7 Å². The second-order valence-corrected chi connectivity index (χ2v) is 8.59. The van der Waals surface area contributed by atoms with Gasteiger partial charge in [0.15, 0.2) is 5.65 Å². The van der Waals surface area contributed by atoms with Crippen molar-refractivity contribution in [3.63, 3.8) is 0 Å². The summed E-state index contributed by atoms with van der Waals surface area (Å²) in [7, 11) is -3.06. The Morgan fingerprint density at radius 3 is 2.43 bits per heavy atom. The number of sulfonamides is 1. The van der Waals surface area contributed by atoms with Gasteiger partial charge in [-0.05, 0) is 38.8 Å². The summed E-state index contributed by atoms with van der Waals surface area (Å²) in [5.74, 6) is 0.876. The van der Waals surface area contributed by atoms with Crippen LogP contribution in [-0.4, -0.2) is 58.8 Å². The SMILES string of the molecule is Cc1nc2ccc(N3CCN(S(=O)(=O)C4CC4)CC3)nn2c1C. The molecule has 0 aromatic carbocycles. The van der Waals surface area contributed by atoms with Gasteiger partial charge in [-0.2, -0.15) is 4.31 Å². The number of anilines is 1. The highest BCUT2D eigenvalue weighted by Gasteiger charge is 2.41. The van der Waals surface area contributed by atoms with Gasteiger partial charge >= 0.3 is 0 Å². The highest BCUT2D eigenvalue weighted by Crippen LogP contribution is 2.31. The number of aryl methyl sites for hydroxylation is 2. The van der Waals surface area contributed by atoms with Crippen LogP contribution in [0.4, 0.5) is 5.82 Å². The lowest BCUT2D eigenvalue weighted by Crippen LogP contribution is -2.49. The standard InChI is InChI=1S/C15H21N5O2S/c1-11-12(2)20-14(16-11)5-6-15(17-20)18-7-9-19(10-8-18)23(21,22)13-3-4-13/h5-6,13H,3-4,7-10H2,1-2H3. The van der Waals surface area contributed by atoms with Crippen molar-refractivity contribution >= 4 is 21.5 Å². The Kier molecular flexibility index (Phi) is 3.35. The van der Waals surface area contributed by atoms with Gasteiger partial charge in [-0.15, -0.1) is 5.10 Å². The van der Waals surface area contributed by atoms with Crippen LogP contribution in [0.3, 0.4) is 0 Å². The molecule has 124 valence electrons. The number of imidazole rings is 1. The molecule has 0 atom stereocenters. The molecule has 0 unspecified atom stereocenters. The quantitative estimate of drug-likeness (QED) is 0.835. The van der Waals surface area contributed by atoms with Gasteiger partial charge in [-0.3, -0.25) is 0 Å². The van der Waals surface area contributed by atoms with Crippen LogP contribution in [0.25, 0.3) is 5.65 Å². The summed E-state index contributed by atoms with van der Waals surface area (Å²) in [6.07, 6.45) is 1.64. The predicted octanol–water partition coefficient (Wildman–Crippen LogP) is 0.960. The Balaban J connectivity index is 1.53. The van der Waals surface area contributed by atoms with Crippen LogP contribution < -0.4 is 4.90 Å². The summed E-state index contributed by atoms with van der Waals surface area (Å²) in [6.45, 7) is 6.42. The molecule has 1 aliphatic carbocycles. The molecule has 2 fully saturated rings. The predicted molar refractivity (Wildman–Crippen MR) is 88.2 cm³/mol. The van der Waals surface area contributed by atoms with Crippen molar-refractivity contribution in [1.29, 1.82) is 0 Å². The van der Waals surface area contributed by atoms with Crippen molar-refractivity contribution in [2.24, 2.45) is 0 Å². The molecule has 0 radical (unpaired) electrons. The van der Waals surface area contributed by atoms with Gasteiger partial charge in [0.2, 0.25) is 10.0 Å². The molecule has 8 heteroatoms. The van der Waals surface area contributed by atoms with Crippen molar-refractivity contribution in [2.45, 2.75) is 31.9 Å². The first-order valence-electron chi connectivity index (χ1n) is 8.04. The Labute approximate surface area is 136 Å². The second kappa shape index (κ2) is 5.17. The fraction of sp³-hybridized carbons (Fsp3) is 0.600. The number of nitrogens with zero attached hydrogens (tertiary/aromatic N) is 5. The fourth-order valence-electron chi connectivity index (χ4n) is 3.06. The van der Waals surface area contributed by atoms with Gasteiger partial charge < -0.3 is 4.90 Å². The molecule has 3 heterocycles. The first-order chi connectivity index (χ1) is 11.0. The number of aromatic nitrogens is 3. The smallest absolute Gasteiger partial charge is 0.217 e. The lowest BCUT2D eigenvalue weighted by molar-refractivity contribution is 0.382. The van der Waals surface area contributed by atoms with Gasteiger partial charge in [-0.1, -0.05) is 0 Å². The molecule has 2 aromatic rings. The third-order valence-corrected chi connectivity index (χ3v) is 7.19. The molecule has 1 aliphatic heterocycles. The summed E-state index contributed by atoms with van der Waals surface area (Å²) >= 11 is 0. The second-order valence-electron chi connectivity index (χ2n) is 6.37. The van der Waals surface area contributed by atoms with Crippen molar-refractivity contribution in [2.75, 3.05) is 31.1 Å². The van der Waals surface area contributed by atoms with Gasteiger partial charge in [0, 0.05) is 26.2 Å². The number of hydrogen-bond acceptors (Lipinski definition) is 5. The summed E-state index contributed by atoms with van der Waals surface area (Å²) < 4.78 is 28.1. The van der Waals surface area contributed by atoms with E-state index < -0.39 is 10.0 Å². The zero-order valence-corrected chi connectivity index (χ0v) is 14.3. The first kappa shape index (κ1) is 14.9. The maximum atomic E-state index is 12.3. The van der Waals surface area contributed by atoms with Crippen molar-refractivity contribution in [1.82, 2.24) is 18.9 Å². The Morgan fingerprint density at radius 2 is 1.78 bits per heavy atom. The van der Waals surface area contributed by atoms with E-state index in [1.807, 2.05) is 30.5 Å². The molecule has 1 saturated carbocycles. The Bertz CT molecular complexity index is 848. The molecule has 1 saturated heterocycles. The molecule has 7 nitrogen and oxygen atoms in total. The molecule has 2 aliphatic rings. The monoisotopic (exact) mass is 335 g/mol. The highest BCUT2D eigenvalue weighted by atomic mass is 32.2. The lowest BCUT2D eigenvalue weighted by atomic mass is 10.3. The van der Waals surface area contributed by atoms with E-state index in [1.54, 1.807) is 4.31 Å². The number of fused-ring (bicyclic) bond motifs is 1. The van der Waals surface area contributed by atoms with Crippen LogP contribution in [0.5, 0.6) is 0 Å². The summed E-state index contributed by atoms with van der Waals surface area (Å²) in [6, 6.07) is 3.93. The third-order valence-electron chi connectivity index (χ3n) is 4.79. The van der Waals surface area contributed by atoms with Crippen LogP contribution in [0.1, 0.15) is 24.2 Å². The molecule has 4 rings (SSSR count). The zero-order valence-electron chi connectivity index (χ0n) is 13.4. The maximum absolute atomic E-state index is 12.3. The maximum Gasteiger partial charge on any atom is 0.217 e. The van der Waals surface area contributed by atoms with Crippen molar-refractivity contribution < 1.29 is 8.42 Å². The third kappa shape index (κ3) is 2.49. The van der Waals surface area contributed by atoms with Gasteiger partial charge in [0.05, 0.1) is 16.6 Å². The van der Waals surface area contributed by atoms with Crippen LogP contribution in [-0.2, 0) is 10.0 Å². The average Bonchev–Trinajstić information content (AvgIpc) is 3.36. The minimum absolute atomic E-state index is 0.125. The normalized spacial score (nSPS) is 20.3. The van der Waals surface area contributed by atoms with E-state index in [0.29, 0.717) is 26.2 Å². The van der Waals surface area contributed by atoms with E-state index in [1.165, 1.54) is 0 Å². The lowest BCUT2D eigenvalue weighted by Gasteiger charge is -2.34. The highest BCUT2D eigenvalue weighted by molar-refractivity contribution is 7.90. The fourth-order valence-corrected chi connectivity index (χ4v) is 4.89. The minimum atomic E-state index is -3.06. The molecule has 0 spiro atoms. The molecule has 23 heavy (non-hydrogen) atoms. The molecule has 0 N–H and O–H groups in total. The number of hydrogen-bond donors (Lipinski definition) is 0. The van der Waals surface area contributed by atoms with Gasteiger partial charge in [0.25, 0.3) is 0 Å². The van der Waals surface area contributed by atoms with Crippen LogP contribution in [0, 0.1) is 13.8 Å². The van der Waals surface area contributed by atoms with E-state index in [2.05, 4.69) is 15.0 Å². The van der Waals surface area contributed by atoms with Crippen molar-refractivity contribution in [3.05, 3.63) is 23.5 Å². The summed E-state index contributed by atoms with van der Waals surface area (Å²) in [5, 5.41) is 4.54. The summed E-state index contributed by atoms with van der Waals surface area (Å²) in [5.41, 5.74) is 2.87. The van der Waals surface area contributed by atoms with Crippen LogP contribution in [0.2, 0.25) is 0 Å². The number of piperazine rings is 1. The van der Waals surface area contributed by atoms with E-state index in [9.17, 15) is 8.42 Å². The Hall–Kier alpha value is -1.67.